The molecule has 6 heteroatoms. The Morgan fingerprint density at radius 1 is 1.22 bits per heavy atom. The minimum Gasteiger partial charge on any atom is -0.396 e. The smallest absolute Gasteiger partial charge is 0.186 e. The van der Waals surface area contributed by atoms with E-state index >= 15 is 0 Å². The first-order valence-electron chi connectivity index (χ1n) is 9.71. The van der Waals surface area contributed by atoms with Crippen LogP contribution in [-0.2, 0) is 13.0 Å². The van der Waals surface area contributed by atoms with Gasteiger partial charge in [0.05, 0.1) is 4.88 Å². The number of rotatable bonds is 8. The molecule has 0 spiro atoms. The third-order valence-corrected chi connectivity index (χ3v) is 7.29. The second-order valence-corrected chi connectivity index (χ2v) is 9.30. The van der Waals surface area contributed by atoms with E-state index in [0.29, 0.717) is 11.8 Å². The van der Waals surface area contributed by atoms with Crippen molar-refractivity contribution in [1.29, 1.82) is 0 Å². The molecule has 0 saturated carbocycles. The molecule has 3 rings (SSSR count). The van der Waals surface area contributed by atoms with Gasteiger partial charge in [-0.3, -0.25) is 4.90 Å². The van der Waals surface area contributed by atoms with E-state index in [1.54, 1.807) is 11.3 Å². The number of thiazole rings is 1. The lowest BCUT2D eigenvalue weighted by molar-refractivity contribution is 0.0333. The lowest BCUT2D eigenvalue weighted by atomic mass is 9.75. The van der Waals surface area contributed by atoms with Crippen LogP contribution in [0.5, 0.6) is 0 Å². The van der Waals surface area contributed by atoms with Gasteiger partial charge in [0.1, 0.15) is 5.15 Å². The third-order valence-electron chi connectivity index (χ3n) is 5.66. The number of aryl methyl sites for hydroxylation is 1. The first-order valence-corrected chi connectivity index (χ1v) is 10.9. The molecule has 148 valence electrons. The Kier molecular flexibility index (Phi) is 7.15. The Morgan fingerprint density at radius 2 is 1.93 bits per heavy atom. The second kappa shape index (κ2) is 9.37. The van der Waals surface area contributed by atoms with Crippen molar-refractivity contribution >= 4 is 28.1 Å². The molecule has 4 nitrogen and oxygen atoms in total. The lowest BCUT2D eigenvalue weighted by Gasteiger charge is -2.41. The van der Waals surface area contributed by atoms with Crippen LogP contribution in [0.3, 0.4) is 0 Å². The zero-order valence-corrected chi connectivity index (χ0v) is 17.9. The van der Waals surface area contributed by atoms with Crippen molar-refractivity contribution in [2.75, 3.05) is 38.7 Å². The SMILES string of the molecule is CN(C)c1nc(Cl)c(CN2CCC(CO)(CCCc3ccccc3)CC2)s1. The molecule has 0 radical (unpaired) electrons. The molecule has 1 fully saturated rings. The Hall–Kier alpha value is -1.14. The largest absolute Gasteiger partial charge is 0.396 e. The molecular weight excluding hydrogens is 378 g/mol. The summed E-state index contributed by atoms with van der Waals surface area (Å²) in [4.78, 5) is 10.0. The molecule has 0 amide bonds. The fourth-order valence-electron chi connectivity index (χ4n) is 3.80. The number of hydrogen-bond donors (Lipinski definition) is 1. The minimum absolute atomic E-state index is 0.0809. The third kappa shape index (κ3) is 5.44. The van der Waals surface area contributed by atoms with Gasteiger partial charge in [0.2, 0.25) is 0 Å². The van der Waals surface area contributed by atoms with Crippen LogP contribution in [0.1, 0.15) is 36.1 Å². The van der Waals surface area contributed by atoms with Crippen molar-refractivity contribution in [3.8, 4) is 0 Å². The average molecular weight is 408 g/mol. The van der Waals surface area contributed by atoms with E-state index in [-0.39, 0.29) is 5.41 Å². The second-order valence-electron chi connectivity index (χ2n) is 7.88. The van der Waals surface area contributed by atoms with E-state index in [4.69, 9.17) is 11.6 Å². The van der Waals surface area contributed by atoms with Crippen LogP contribution >= 0.6 is 22.9 Å². The van der Waals surface area contributed by atoms with Crippen molar-refractivity contribution in [1.82, 2.24) is 9.88 Å². The maximum absolute atomic E-state index is 10.1. The Labute approximate surface area is 171 Å². The van der Waals surface area contributed by atoms with Crippen LogP contribution in [0.25, 0.3) is 0 Å². The molecule has 0 unspecified atom stereocenters. The zero-order valence-electron chi connectivity index (χ0n) is 16.3. The number of aliphatic hydroxyl groups excluding tert-OH is 1. The molecule has 0 bridgehead atoms. The van der Waals surface area contributed by atoms with Crippen molar-refractivity contribution in [2.45, 2.75) is 38.6 Å². The highest BCUT2D eigenvalue weighted by Gasteiger charge is 2.33. The summed E-state index contributed by atoms with van der Waals surface area (Å²) in [6.45, 7) is 3.17. The topological polar surface area (TPSA) is 39.6 Å². The Morgan fingerprint density at radius 3 is 2.52 bits per heavy atom. The number of halogens is 1. The summed E-state index contributed by atoms with van der Waals surface area (Å²) >= 11 is 7.99. The van der Waals surface area contributed by atoms with Crippen LogP contribution in [0.2, 0.25) is 5.15 Å². The molecule has 1 aromatic heterocycles. The lowest BCUT2D eigenvalue weighted by Crippen LogP contribution is -2.41. The normalized spacial score (nSPS) is 17.2. The summed E-state index contributed by atoms with van der Waals surface area (Å²) in [5.41, 5.74) is 1.47. The molecule has 1 aliphatic rings. The highest BCUT2D eigenvalue weighted by molar-refractivity contribution is 7.16. The number of anilines is 1. The molecule has 1 saturated heterocycles. The quantitative estimate of drug-likeness (QED) is 0.701. The van der Waals surface area contributed by atoms with E-state index in [1.165, 1.54) is 5.56 Å². The van der Waals surface area contributed by atoms with Gasteiger partial charge in [0, 0.05) is 27.2 Å². The minimum atomic E-state index is 0.0809. The zero-order chi connectivity index (χ0) is 19.3. The van der Waals surface area contributed by atoms with Crippen molar-refractivity contribution in [3.63, 3.8) is 0 Å². The predicted octanol–water partition coefficient (Wildman–Crippen LogP) is 4.46. The molecule has 1 N–H and O–H groups in total. The van der Waals surface area contributed by atoms with Gasteiger partial charge in [-0.15, -0.1) is 0 Å². The molecular formula is C21H30ClN3OS. The number of piperidine rings is 1. The van der Waals surface area contributed by atoms with Gasteiger partial charge in [-0.05, 0) is 56.2 Å². The van der Waals surface area contributed by atoms with Gasteiger partial charge in [-0.1, -0.05) is 53.3 Å². The number of aromatic nitrogens is 1. The van der Waals surface area contributed by atoms with Gasteiger partial charge in [-0.25, -0.2) is 4.98 Å². The Balaban J connectivity index is 1.50. The van der Waals surface area contributed by atoms with E-state index in [1.807, 2.05) is 19.0 Å². The molecule has 0 aliphatic carbocycles. The van der Waals surface area contributed by atoms with Crippen LogP contribution in [0.15, 0.2) is 30.3 Å². The van der Waals surface area contributed by atoms with Crippen LogP contribution in [0.4, 0.5) is 5.13 Å². The van der Waals surface area contributed by atoms with E-state index < -0.39 is 0 Å². The average Bonchev–Trinajstić information content (AvgIpc) is 3.05. The van der Waals surface area contributed by atoms with Crippen molar-refractivity contribution < 1.29 is 5.11 Å². The van der Waals surface area contributed by atoms with Crippen LogP contribution < -0.4 is 4.90 Å². The first kappa shape index (κ1) is 20.6. The summed E-state index contributed by atoms with van der Waals surface area (Å²) in [5.74, 6) is 0. The number of likely N-dealkylation sites (tertiary alicyclic amines) is 1. The molecule has 1 aliphatic heterocycles. The van der Waals surface area contributed by atoms with E-state index in [0.717, 1.165) is 61.7 Å². The summed E-state index contributed by atoms with van der Waals surface area (Å²) in [6, 6.07) is 10.6. The van der Waals surface area contributed by atoms with Crippen molar-refractivity contribution in [3.05, 3.63) is 45.9 Å². The summed E-state index contributed by atoms with van der Waals surface area (Å²) in [6.07, 6.45) is 5.43. The monoisotopic (exact) mass is 407 g/mol. The molecule has 27 heavy (non-hydrogen) atoms. The van der Waals surface area contributed by atoms with E-state index in [9.17, 15) is 5.11 Å². The predicted molar refractivity (Wildman–Crippen MR) is 115 cm³/mol. The maximum Gasteiger partial charge on any atom is 0.186 e. The number of nitrogens with zero attached hydrogens (tertiary/aromatic N) is 3. The summed E-state index contributed by atoms with van der Waals surface area (Å²) in [7, 11) is 3.98. The van der Waals surface area contributed by atoms with Gasteiger partial charge in [0.25, 0.3) is 0 Å². The standard InChI is InChI=1S/C21H30ClN3OS/c1-24(2)20-23-19(22)18(27-20)15-25-13-11-21(16-26,12-14-25)10-6-9-17-7-4-3-5-8-17/h3-5,7-8,26H,6,9-16H2,1-2H3. The van der Waals surface area contributed by atoms with Gasteiger partial charge < -0.3 is 10.0 Å². The fraction of sp³-hybridized carbons (Fsp3) is 0.571. The summed E-state index contributed by atoms with van der Waals surface area (Å²) in [5, 5.41) is 11.7. The summed E-state index contributed by atoms with van der Waals surface area (Å²) < 4.78 is 0. The highest BCUT2D eigenvalue weighted by Crippen LogP contribution is 2.37. The first-order chi connectivity index (χ1) is 13.0. The molecule has 1 aromatic carbocycles. The van der Waals surface area contributed by atoms with Gasteiger partial charge in [-0.2, -0.15) is 0 Å². The molecule has 2 heterocycles. The highest BCUT2D eigenvalue weighted by atomic mass is 35.5. The van der Waals surface area contributed by atoms with Crippen LogP contribution in [-0.4, -0.2) is 48.8 Å². The Bertz CT molecular complexity index is 711. The molecule has 0 atom stereocenters. The van der Waals surface area contributed by atoms with Crippen LogP contribution in [0, 0.1) is 5.41 Å². The number of aliphatic hydroxyl groups is 1. The maximum atomic E-state index is 10.1. The fourth-order valence-corrected chi connectivity index (χ4v) is 5.02. The molecule has 2 aromatic rings. The van der Waals surface area contributed by atoms with Gasteiger partial charge in [0.15, 0.2) is 5.13 Å². The number of benzene rings is 1. The van der Waals surface area contributed by atoms with E-state index in [2.05, 4.69) is 40.2 Å². The number of hydrogen-bond acceptors (Lipinski definition) is 5. The van der Waals surface area contributed by atoms with Gasteiger partial charge >= 0.3 is 0 Å². The van der Waals surface area contributed by atoms with Crippen molar-refractivity contribution in [2.24, 2.45) is 5.41 Å².